The Morgan fingerprint density at radius 1 is 1.44 bits per heavy atom. The molecule has 3 aliphatic rings. The summed E-state index contributed by atoms with van der Waals surface area (Å²) in [6, 6.07) is 4.09. The SMILES string of the molecule is CC1(C)Cc2ccc(C(=O)NCC3CN4CCCC4CO3)c(O)c2O1. The van der Waals surface area contributed by atoms with E-state index in [1.807, 2.05) is 19.9 Å². The van der Waals surface area contributed by atoms with Gasteiger partial charge in [0, 0.05) is 31.1 Å². The van der Waals surface area contributed by atoms with Crippen molar-refractivity contribution in [3.63, 3.8) is 0 Å². The number of benzene rings is 1. The van der Waals surface area contributed by atoms with Crippen molar-refractivity contribution in [1.29, 1.82) is 0 Å². The number of fused-ring (bicyclic) bond motifs is 2. The van der Waals surface area contributed by atoms with Gasteiger partial charge in [0.1, 0.15) is 5.60 Å². The lowest BCUT2D eigenvalue weighted by Crippen LogP contribution is -2.50. The Kier molecular flexibility index (Phi) is 4.12. The molecular weight excluding hydrogens is 320 g/mol. The minimum absolute atomic E-state index is 0.00468. The fraction of sp³-hybridized carbons (Fsp3) is 0.632. The first kappa shape index (κ1) is 16.7. The molecule has 1 aromatic carbocycles. The maximum absolute atomic E-state index is 12.5. The van der Waals surface area contributed by atoms with Gasteiger partial charge in [-0.2, -0.15) is 0 Å². The Morgan fingerprint density at radius 2 is 2.28 bits per heavy atom. The van der Waals surface area contributed by atoms with Gasteiger partial charge >= 0.3 is 0 Å². The maximum atomic E-state index is 12.5. The number of carbonyl (C=O) groups excluding carboxylic acids is 1. The molecule has 2 N–H and O–H groups in total. The smallest absolute Gasteiger partial charge is 0.255 e. The number of hydrogen-bond donors (Lipinski definition) is 2. The molecule has 136 valence electrons. The average molecular weight is 346 g/mol. The van der Waals surface area contributed by atoms with E-state index in [9.17, 15) is 9.90 Å². The van der Waals surface area contributed by atoms with Crippen LogP contribution in [0.2, 0.25) is 0 Å². The lowest BCUT2D eigenvalue weighted by atomic mass is 10.0. The fourth-order valence-corrected chi connectivity index (χ4v) is 4.13. The van der Waals surface area contributed by atoms with Gasteiger partial charge in [-0.3, -0.25) is 9.69 Å². The molecule has 2 fully saturated rings. The monoisotopic (exact) mass is 346 g/mol. The molecule has 0 spiro atoms. The number of ether oxygens (including phenoxy) is 2. The third-order valence-electron chi connectivity index (χ3n) is 5.40. The van der Waals surface area contributed by atoms with Crippen molar-refractivity contribution < 1.29 is 19.4 Å². The van der Waals surface area contributed by atoms with Crippen molar-refractivity contribution >= 4 is 5.91 Å². The van der Waals surface area contributed by atoms with Crippen molar-refractivity contribution in [2.45, 2.75) is 50.9 Å². The number of nitrogens with zero attached hydrogens (tertiary/aromatic N) is 1. The number of nitrogens with one attached hydrogen (secondary N) is 1. The summed E-state index contributed by atoms with van der Waals surface area (Å²) in [6.07, 6.45) is 3.17. The highest BCUT2D eigenvalue weighted by Crippen LogP contribution is 2.43. The van der Waals surface area contributed by atoms with Gasteiger partial charge < -0.3 is 19.9 Å². The number of rotatable bonds is 3. The first-order valence-electron chi connectivity index (χ1n) is 9.11. The van der Waals surface area contributed by atoms with Crippen LogP contribution < -0.4 is 10.1 Å². The predicted octanol–water partition coefficient (Wildman–Crippen LogP) is 1.70. The second-order valence-electron chi connectivity index (χ2n) is 7.94. The summed E-state index contributed by atoms with van der Waals surface area (Å²) in [5.74, 6) is 0.0805. The molecule has 0 saturated carbocycles. The highest BCUT2D eigenvalue weighted by atomic mass is 16.5. The van der Waals surface area contributed by atoms with Crippen LogP contribution in [0.1, 0.15) is 42.6 Å². The highest BCUT2D eigenvalue weighted by Gasteiger charge is 2.35. The van der Waals surface area contributed by atoms with E-state index in [2.05, 4.69) is 10.2 Å². The van der Waals surface area contributed by atoms with Crippen LogP contribution in [0.5, 0.6) is 11.5 Å². The molecule has 3 heterocycles. The molecule has 3 aliphatic heterocycles. The van der Waals surface area contributed by atoms with Gasteiger partial charge in [-0.05, 0) is 39.3 Å². The van der Waals surface area contributed by atoms with Gasteiger partial charge in [-0.1, -0.05) is 6.07 Å². The van der Waals surface area contributed by atoms with Crippen LogP contribution in [-0.2, 0) is 11.2 Å². The van der Waals surface area contributed by atoms with Crippen LogP contribution in [0.25, 0.3) is 0 Å². The lowest BCUT2D eigenvalue weighted by Gasteiger charge is -2.35. The van der Waals surface area contributed by atoms with Crippen LogP contribution in [0, 0.1) is 0 Å². The quantitative estimate of drug-likeness (QED) is 0.872. The molecule has 25 heavy (non-hydrogen) atoms. The lowest BCUT2D eigenvalue weighted by molar-refractivity contribution is -0.0461. The summed E-state index contributed by atoms with van der Waals surface area (Å²) < 4.78 is 11.7. The minimum Gasteiger partial charge on any atom is -0.504 e. The van der Waals surface area contributed by atoms with Gasteiger partial charge in [0.25, 0.3) is 5.91 Å². The van der Waals surface area contributed by atoms with Gasteiger partial charge in [-0.15, -0.1) is 0 Å². The van der Waals surface area contributed by atoms with E-state index in [0.29, 0.717) is 18.3 Å². The summed E-state index contributed by atoms with van der Waals surface area (Å²) in [4.78, 5) is 14.9. The Balaban J connectivity index is 1.39. The molecule has 4 rings (SSSR count). The van der Waals surface area contributed by atoms with E-state index >= 15 is 0 Å². The molecular formula is C19H26N2O4. The standard InChI is InChI=1S/C19H26N2O4/c1-19(2)8-12-5-6-15(16(22)17(12)25-19)18(23)20-9-14-10-21-7-3-4-13(21)11-24-14/h5-6,13-14,22H,3-4,7-11H2,1-2H3,(H,20,23). The highest BCUT2D eigenvalue weighted by molar-refractivity contribution is 5.98. The molecule has 6 heteroatoms. The zero-order valence-electron chi connectivity index (χ0n) is 14.9. The molecule has 2 unspecified atom stereocenters. The second-order valence-corrected chi connectivity index (χ2v) is 7.94. The number of morpholine rings is 1. The van der Waals surface area contributed by atoms with Crippen LogP contribution >= 0.6 is 0 Å². The van der Waals surface area contributed by atoms with Crippen molar-refractivity contribution in [3.05, 3.63) is 23.3 Å². The molecule has 0 aliphatic carbocycles. The summed E-state index contributed by atoms with van der Waals surface area (Å²) in [7, 11) is 0. The molecule has 2 atom stereocenters. The van der Waals surface area contributed by atoms with Gasteiger partial charge in [0.2, 0.25) is 0 Å². The Morgan fingerprint density at radius 3 is 3.12 bits per heavy atom. The van der Waals surface area contributed by atoms with E-state index < -0.39 is 0 Å². The third-order valence-corrected chi connectivity index (χ3v) is 5.40. The summed E-state index contributed by atoms with van der Waals surface area (Å²) in [5.41, 5.74) is 0.845. The zero-order chi connectivity index (χ0) is 17.6. The predicted molar refractivity (Wildman–Crippen MR) is 93.2 cm³/mol. The number of aromatic hydroxyl groups is 1. The van der Waals surface area contributed by atoms with E-state index in [4.69, 9.17) is 9.47 Å². The molecule has 6 nitrogen and oxygen atoms in total. The second kappa shape index (κ2) is 6.18. The van der Waals surface area contributed by atoms with Crippen molar-refractivity contribution in [1.82, 2.24) is 10.2 Å². The van der Waals surface area contributed by atoms with E-state index in [1.54, 1.807) is 6.07 Å². The fourth-order valence-electron chi connectivity index (χ4n) is 4.13. The normalized spacial score (nSPS) is 27.4. The van der Waals surface area contributed by atoms with Crippen LogP contribution in [0.3, 0.4) is 0 Å². The number of phenolic OH excluding ortho intramolecular Hbond substituents is 1. The minimum atomic E-state index is -0.350. The third kappa shape index (κ3) is 3.20. The first-order chi connectivity index (χ1) is 11.9. The molecule has 0 aromatic heterocycles. The van der Waals surface area contributed by atoms with Gasteiger partial charge in [0.05, 0.1) is 18.3 Å². The Bertz CT molecular complexity index is 688. The Hall–Kier alpha value is -1.79. The molecule has 1 aromatic rings. The summed E-state index contributed by atoms with van der Waals surface area (Å²) in [6.45, 7) is 7.12. The largest absolute Gasteiger partial charge is 0.504 e. The van der Waals surface area contributed by atoms with Crippen molar-refractivity contribution in [2.75, 3.05) is 26.2 Å². The molecule has 1 amide bonds. The van der Waals surface area contributed by atoms with Gasteiger partial charge in [-0.25, -0.2) is 0 Å². The maximum Gasteiger partial charge on any atom is 0.255 e. The van der Waals surface area contributed by atoms with Crippen LogP contribution in [0.4, 0.5) is 0 Å². The first-order valence-corrected chi connectivity index (χ1v) is 9.11. The van der Waals surface area contributed by atoms with Gasteiger partial charge in [0.15, 0.2) is 11.5 Å². The zero-order valence-corrected chi connectivity index (χ0v) is 14.9. The molecule has 0 bridgehead atoms. The molecule has 2 saturated heterocycles. The van der Waals surface area contributed by atoms with E-state index in [-0.39, 0.29) is 28.9 Å². The summed E-state index contributed by atoms with van der Waals surface area (Å²) in [5, 5.41) is 13.3. The van der Waals surface area contributed by atoms with Crippen molar-refractivity contribution in [3.8, 4) is 11.5 Å². The Labute approximate surface area is 148 Å². The van der Waals surface area contributed by atoms with Crippen molar-refractivity contribution in [2.24, 2.45) is 0 Å². The average Bonchev–Trinajstić information content (AvgIpc) is 3.15. The van der Waals surface area contributed by atoms with Crippen LogP contribution in [0.15, 0.2) is 12.1 Å². The van der Waals surface area contributed by atoms with Crippen LogP contribution in [-0.4, -0.2) is 59.9 Å². The number of amides is 1. The topological polar surface area (TPSA) is 71.0 Å². The summed E-state index contributed by atoms with van der Waals surface area (Å²) >= 11 is 0. The van der Waals surface area contributed by atoms with E-state index in [1.165, 1.54) is 12.8 Å². The number of carbonyl (C=O) groups is 1. The molecule has 0 radical (unpaired) electrons. The number of phenols is 1. The number of hydrogen-bond acceptors (Lipinski definition) is 5. The van der Waals surface area contributed by atoms with E-state index in [0.717, 1.165) is 31.7 Å².